The van der Waals surface area contributed by atoms with Crippen LogP contribution in [0.5, 0.6) is 5.75 Å². The first kappa shape index (κ1) is 24.9. The number of benzene rings is 3. The van der Waals surface area contributed by atoms with Gasteiger partial charge >= 0.3 is 0 Å². The molecule has 1 unspecified atom stereocenters. The average molecular weight is 509 g/mol. The van der Waals surface area contributed by atoms with Crippen LogP contribution in [0.2, 0.25) is 10.0 Å². The van der Waals surface area contributed by atoms with Gasteiger partial charge in [0.1, 0.15) is 18.5 Å². The van der Waals surface area contributed by atoms with Crippen molar-refractivity contribution in [1.82, 2.24) is 0 Å². The highest BCUT2D eigenvalue weighted by Gasteiger charge is 2.27. The van der Waals surface area contributed by atoms with Crippen LogP contribution >= 0.6 is 23.2 Å². The zero-order valence-electron chi connectivity index (χ0n) is 17.6. The number of nitrogens with one attached hydrogen (secondary N) is 1. The lowest BCUT2D eigenvalue weighted by Crippen LogP contribution is -2.39. The van der Waals surface area contributed by atoms with Gasteiger partial charge in [0.25, 0.3) is 10.0 Å². The minimum Gasteiger partial charge on any atom is -0.491 e. The van der Waals surface area contributed by atoms with Gasteiger partial charge in [-0.1, -0.05) is 23.2 Å². The Morgan fingerprint density at radius 3 is 2.06 bits per heavy atom. The first-order valence-corrected chi connectivity index (χ1v) is 12.1. The fourth-order valence-corrected chi connectivity index (χ4v) is 4.71. The van der Waals surface area contributed by atoms with Gasteiger partial charge in [-0.15, -0.1) is 0 Å². The predicted molar refractivity (Wildman–Crippen MR) is 130 cm³/mol. The summed E-state index contributed by atoms with van der Waals surface area (Å²) in [5, 5.41) is 14.1. The summed E-state index contributed by atoms with van der Waals surface area (Å²) in [5.74, 6) is 0.269. The van der Waals surface area contributed by atoms with E-state index in [1.54, 1.807) is 48.5 Å². The number of aliphatic hydroxyl groups is 1. The van der Waals surface area contributed by atoms with Crippen LogP contribution in [-0.4, -0.2) is 38.7 Å². The Morgan fingerprint density at radius 1 is 0.970 bits per heavy atom. The van der Waals surface area contributed by atoms with Gasteiger partial charge in [0.15, 0.2) is 0 Å². The Morgan fingerprint density at radius 2 is 1.52 bits per heavy atom. The molecule has 0 spiro atoms. The van der Waals surface area contributed by atoms with Crippen LogP contribution in [-0.2, 0) is 14.8 Å². The molecule has 0 saturated carbocycles. The number of anilines is 2. The number of sulfonamides is 1. The number of ether oxygens (including phenoxy) is 1. The largest absolute Gasteiger partial charge is 0.491 e. The minimum atomic E-state index is -4.00. The summed E-state index contributed by atoms with van der Waals surface area (Å²) < 4.78 is 33.3. The maximum absolute atomic E-state index is 13.3. The summed E-state index contributed by atoms with van der Waals surface area (Å²) in [6.45, 7) is 1.00. The molecule has 0 aliphatic heterocycles. The number of hydrogen-bond donors (Lipinski definition) is 2. The smallest absolute Gasteiger partial charge is 0.264 e. The van der Waals surface area contributed by atoms with Gasteiger partial charge in [0.2, 0.25) is 5.91 Å². The van der Waals surface area contributed by atoms with Gasteiger partial charge in [-0.3, -0.25) is 9.10 Å². The number of hydrogen-bond acceptors (Lipinski definition) is 5. The molecular weight excluding hydrogens is 487 g/mol. The number of halogens is 2. The van der Waals surface area contributed by atoms with Crippen molar-refractivity contribution in [1.29, 1.82) is 0 Å². The first-order valence-electron chi connectivity index (χ1n) is 9.87. The molecule has 0 heterocycles. The standard InChI is InChI=1S/C23H22Cl2N2O5S/c1-16(28)26-19-6-10-22(11-7-19)32-15-21(29)14-27(20-8-2-17(24)3-9-20)33(30,31)23-12-4-18(25)5-13-23/h2-13,21,29H,14-15H2,1H3,(H,26,28). The van der Waals surface area contributed by atoms with Crippen molar-refractivity contribution in [2.24, 2.45) is 0 Å². The second kappa shape index (κ2) is 10.9. The molecule has 0 aliphatic carbocycles. The molecule has 7 nitrogen and oxygen atoms in total. The molecule has 0 aliphatic rings. The molecule has 3 rings (SSSR count). The molecule has 0 fully saturated rings. The van der Waals surface area contributed by atoms with Gasteiger partial charge in [0, 0.05) is 22.7 Å². The number of carbonyl (C=O) groups is 1. The van der Waals surface area contributed by atoms with E-state index in [1.807, 2.05) is 0 Å². The van der Waals surface area contributed by atoms with Gasteiger partial charge in [-0.05, 0) is 72.8 Å². The molecule has 2 N–H and O–H groups in total. The number of amides is 1. The van der Waals surface area contributed by atoms with Crippen LogP contribution in [0, 0.1) is 0 Å². The topological polar surface area (TPSA) is 95.9 Å². The molecular formula is C23H22Cl2N2O5S. The fraction of sp³-hybridized carbons (Fsp3) is 0.174. The van der Waals surface area contributed by atoms with Crippen LogP contribution < -0.4 is 14.4 Å². The van der Waals surface area contributed by atoms with Gasteiger partial charge in [0.05, 0.1) is 17.1 Å². The Balaban J connectivity index is 1.76. The Bertz CT molecular complexity index is 1190. The average Bonchev–Trinajstić information content (AvgIpc) is 2.77. The highest BCUT2D eigenvalue weighted by atomic mass is 35.5. The molecule has 0 radical (unpaired) electrons. The van der Waals surface area contributed by atoms with Crippen molar-refractivity contribution in [3.63, 3.8) is 0 Å². The van der Waals surface area contributed by atoms with E-state index < -0.39 is 16.1 Å². The lowest BCUT2D eigenvalue weighted by Gasteiger charge is -2.27. The van der Waals surface area contributed by atoms with Gasteiger partial charge in [-0.2, -0.15) is 0 Å². The molecule has 1 amide bonds. The summed E-state index contributed by atoms with van der Waals surface area (Å²) >= 11 is 11.8. The van der Waals surface area contributed by atoms with Gasteiger partial charge < -0.3 is 15.2 Å². The van der Waals surface area contributed by atoms with E-state index in [4.69, 9.17) is 27.9 Å². The Labute approximate surface area is 202 Å². The van der Waals surface area contributed by atoms with Crippen LogP contribution in [0.15, 0.2) is 77.7 Å². The molecule has 0 saturated heterocycles. The maximum Gasteiger partial charge on any atom is 0.264 e. The van der Waals surface area contributed by atoms with Crippen molar-refractivity contribution in [2.45, 2.75) is 17.9 Å². The summed E-state index contributed by atoms with van der Waals surface area (Å²) in [7, 11) is -4.00. The van der Waals surface area contributed by atoms with E-state index in [9.17, 15) is 18.3 Å². The third kappa shape index (κ3) is 6.85. The number of carbonyl (C=O) groups excluding carboxylic acids is 1. The predicted octanol–water partition coefficient (Wildman–Crippen LogP) is 4.59. The number of aliphatic hydroxyl groups excluding tert-OH is 1. The van der Waals surface area contributed by atoms with E-state index in [1.165, 1.54) is 31.2 Å². The van der Waals surface area contributed by atoms with E-state index in [0.717, 1.165) is 4.31 Å². The summed E-state index contributed by atoms with van der Waals surface area (Å²) in [5.41, 5.74) is 0.950. The monoisotopic (exact) mass is 508 g/mol. The van der Waals surface area contributed by atoms with Crippen LogP contribution in [0.25, 0.3) is 0 Å². The molecule has 3 aromatic carbocycles. The Kier molecular flexibility index (Phi) is 8.20. The van der Waals surface area contributed by atoms with Crippen LogP contribution in [0.4, 0.5) is 11.4 Å². The van der Waals surface area contributed by atoms with Crippen molar-refractivity contribution in [3.8, 4) is 5.75 Å². The summed E-state index contributed by atoms with van der Waals surface area (Å²) in [6, 6.07) is 18.6. The van der Waals surface area contributed by atoms with Crippen molar-refractivity contribution in [2.75, 3.05) is 22.8 Å². The molecule has 1 atom stereocenters. The highest BCUT2D eigenvalue weighted by molar-refractivity contribution is 7.92. The van der Waals surface area contributed by atoms with Crippen molar-refractivity contribution < 1.29 is 23.1 Å². The number of nitrogens with zero attached hydrogens (tertiary/aromatic N) is 1. The first-order chi connectivity index (χ1) is 15.6. The van der Waals surface area contributed by atoms with Crippen molar-refractivity contribution in [3.05, 3.63) is 82.8 Å². The normalized spacial score (nSPS) is 12.1. The molecule has 10 heteroatoms. The lowest BCUT2D eigenvalue weighted by molar-refractivity contribution is -0.114. The third-order valence-electron chi connectivity index (χ3n) is 4.51. The summed E-state index contributed by atoms with van der Waals surface area (Å²) in [4.78, 5) is 11.1. The van der Waals surface area contributed by atoms with E-state index in [2.05, 4.69) is 5.32 Å². The minimum absolute atomic E-state index is 0.0310. The molecule has 33 heavy (non-hydrogen) atoms. The second-order valence-electron chi connectivity index (χ2n) is 7.14. The molecule has 0 aromatic heterocycles. The van der Waals surface area contributed by atoms with E-state index in [-0.39, 0.29) is 24.0 Å². The second-order valence-corrected chi connectivity index (χ2v) is 9.87. The summed E-state index contributed by atoms with van der Waals surface area (Å²) in [6.07, 6.45) is -1.14. The van der Waals surface area contributed by atoms with Crippen LogP contribution in [0.1, 0.15) is 6.92 Å². The maximum atomic E-state index is 13.3. The fourth-order valence-electron chi connectivity index (χ4n) is 2.96. The Hall–Kier alpha value is -2.78. The molecule has 3 aromatic rings. The zero-order valence-corrected chi connectivity index (χ0v) is 19.9. The number of rotatable bonds is 9. The molecule has 0 bridgehead atoms. The lowest BCUT2D eigenvalue weighted by atomic mass is 10.3. The SMILES string of the molecule is CC(=O)Nc1ccc(OCC(O)CN(c2ccc(Cl)cc2)S(=O)(=O)c2ccc(Cl)cc2)cc1. The third-order valence-corrected chi connectivity index (χ3v) is 6.82. The van der Waals surface area contributed by atoms with E-state index >= 15 is 0 Å². The van der Waals surface area contributed by atoms with E-state index in [0.29, 0.717) is 27.2 Å². The van der Waals surface area contributed by atoms with Gasteiger partial charge in [-0.25, -0.2) is 8.42 Å². The zero-order chi connectivity index (χ0) is 24.0. The highest BCUT2D eigenvalue weighted by Crippen LogP contribution is 2.26. The van der Waals surface area contributed by atoms with Crippen molar-refractivity contribution >= 4 is 50.5 Å². The van der Waals surface area contributed by atoms with Crippen LogP contribution in [0.3, 0.4) is 0 Å². The molecule has 174 valence electrons. The quantitative estimate of drug-likeness (QED) is 0.440.